The minimum Gasteiger partial charge on any atom is -0.314 e. The van der Waals surface area contributed by atoms with Crippen molar-refractivity contribution in [1.82, 2.24) is 10.2 Å². The molecule has 1 aliphatic carbocycles. The topological polar surface area (TPSA) is 15.3 Å². The smallest absolute Gasteiger partial charge is 0.00683 e. The van der Waals surface area contributed by atoms with Gasteiger partial charge in [0, 0.05) is 19.1 Å². The Hall–Kier alpha value is -0.0800. The van der Waals surface area contributed by atoms with E-state index in [0.29, 0.717) is 5.41 Å². The Balaban J connectivity index is 1.65. The summed E-state index contributed by atoms with van der Waals surface area (Å²) < 4.78 is 0. The number of nitrogens with one attached hydrogen (secondary N) is 1. The van der Waals surface area contributed by atoms with Crippen LogP contribution in [0.1, 0.15) is 47.0 Å². The van der Waals surface area contributed by atoms with Crippen molar-refractivity contribution in [1.29, 1.82) is 0 Å². The SMILES string of the molecule is CC(CNC1CC1)CN1CCC(C(C)(C)C)C1. The standard InChI is InChI=1S/C15H30N2/c1-12(9-16-14-5-6-14)10-17-8-7-13(11-17)15(2,3)4/h12-14,16H,5-11H2,1-4H3. The van der Waals surface area contributed by atoms with Crippen LogP contribution in [-0.2, 0) is 0 Å². The van der Waals surface area contributed by atoms with Crippen LogP contribution in [0.3, 0.4) is 0 Å². The molecule has 2 nitrogen and oxygen atoms in total. The molecule has 1 saturated carbocycles. The third-order valence-corrected chi connectivity index (χ3v) is 4.40. The summed E-state index contributed by atoms with van der Waals surface area (Å²) >= 11 is 0. The molecule has 0 aromatic carbocycles. The summed E-state index contributed by atoms with van der Waals surface area (Å²) in [5.74, 6) is 1.69. The molecule has 17 heavy (non-hydrogen) atoms. The lowest BCUT2D eigenvalue weighted by Crippen LogP contribution is -2.34. The molecule has 2 atom stereocenters. The largest absolute Gasteiger partial charge is 0.314 e. The molecule has 0 spiro atoms. The Kier molecular flexibility index (Phi) is 4.14. The highest BCUT2D eigenvalue weighted by molar-refractivity contribution is 4.85. The van der Waals surface area contributed by atoms with Gasteiger partial charge in [0.1, 0.15) is 0 Å². The maximum Gasteiger partial charge on any atom is 0.00683 e. The normalized spacial score (nSPS) is 28.6. The van der Waals surface area contributed by atoms with E-state index >= 15 is 0 Å². The van der Waals surface area contributed by atoms with Crippen molar-refractivity contribution in [2.45, 2.75) is 53.0 Å². The number of likely N-dealkylation sites (tertiary alicyclic amines) is 1. The summed E-state index contributed by atoms with van der Waals surface area (Å²) in [5, 5.41) is 3.65. The maximum absolute atomic E-state index is 3.65. The summed E-state index contributed by atoms with van der Waals surface area (Å²) in [7, 11) is 0. The van der Waals surface area contributed by atoms with Crippen LogP contribution in [0, 0.1) is 17.3 Å². The van der Waals surface area contributed by atoms with E-state index < -0.39 is 0 Å². The third-order valence-electron chi connectivity index (χ3n) is 4.40. The Bertz CT molecular complexity index is 240. The van der Waals surface area contributed by atoms with E-state index in [-0.39, 0.29) is 0 Å². The van der Waals surface area contributed by atoms with Crippen LogP contribution < -0.4 is 5.32 Å². The Labute approximate surface area is 107 Å². The fourth-order valence-corrected chi connectivity index (χ4v) is 2.87. The van der Waals surface area contributed by atoms with Crippen LogP contribution in [-0.4, -0.2) is 37.1 Å². The first kappa shape index (κ1) is 13.4. The summed E-state index contributed by atoms with van der Waals surface area (Å²) in [6.45, 7) is 14.7. The lowest BCUT2D eigenvalue weighted by Gasteiger charge is -2.28. The predicted octanol–water partition coefficient (Wildman–Crippen LogP) is 2.74. The summed E-state index contributed by atoms with van der Waals surface area (Å²) in [6, 6.07) is 0.860. The molecule has 2 heteroatoms. The first-order valence-electron chi connectivity index (χ1n) is 7.41. The lowest BCUT2D eigenvalue weighted by molar-refractivity contribution is 0.216. The van der Waals surface area contributed by atoms with Gasteiger partial charge in [-0.15, -0.1) is 0 Å². The minimum atomic E-state index is 0.490. The summed E-state index contributed by atoms with van der Waals surface area (Å²) in [5.41, 5.74) is 0.490. The van der Waals surface area contributed by atoms with Gasteiger partial charge < -0.3 is 10.2 Å². The zero-order valence-corrected chi connectivity index (χ0v) is 12.1. The van der Waals surface area contributed by atoms with E-state index in [2.05, 4.69) is 37.9 Å². The Morgan fingerprint density at radius 2 is 1.94 bits per heavy atom. The Morgan fingerprint density at radius 3 is 2.47 bits per heavy atom. The molecule has 2 unspecified atom stereocenters. The van der Waals surface area contributed by atoms with Crippen molar-refractivity contribution >= 4 is 0 Å². The van der Waals surface area contributed by atoms with Gasteiger partial charge in [0.2, 0.25) is 0 Å². The molecule has 100 valence electrons. The van der Waals surface area contributed by atoms with Crippen molar-refractivity contribution in [2.75, 3.05) is 26.2 Å². The number of rotatable bonds is 5. The van der Waals surface area contributed by atoms with E-state index in [0.717, 1.165) is 17.9 Å². The van der Waals surface area contributed by atoms with Crippen molar-refractivity contribution in [2.24, 2.45) is 17.3 Å². The highest BCUT2D eigenvalue weighted by Crippen LogP contribution is 2.33. The zero-order chi connectivity index (χ0) is 12.5. The second kappa shape index (κ2) is 5.27. The van der Waals surface area contributed by atoms with Crippen LogP contribution in [0.2, 0.25) is 0 Å². The van der Waals surface area contributed by atoms with Gasteiger partial charge in [0.15, 0.2) is 0 Å². The Morgan fingerprint density at radius 1 is 1.24 bits per heavy atom. The van der Waals surface area contributed by atoms with Crippen LogP contribution in [0.5, 0.6) is 0 Å². The third kappa shape index (κ3) is 4.26. The quantitative estimate of drug-likeness (QED) is 0.792. The van der Waals surface area contributed by atoms with Gasteiger partial charge in [-0.25, -0.2) is 0 Å². The van der Waals surface area contributed by atoms with E-state index in [1.54, 1.807) is 0 Å². The van der Waals surface area contributed by atoms with E-state index in [9.17, 15) is 0 Å². The lowest BCUT2D eigenvalue weighted by atomic mass is 9.80. The molecule has 0 bridgehead atoms. The van der Waals surface area contributed by atoms with Crippen molar-refractivity contribution < 1.29 is 0 Å². The zero-order valence-electron chi connectivity index (χ0n) is 12.1. The minimum absolute atomic E-state index is 0.490. The van der Waals surface area contributed by atoms with Gasteiger partial charge in [0.05, 0.1) is 0 Å². The molecule has 2 fully saturated rings. The van der Waals surface area contributed by atoms with Crippen molar-refractivity contribution in [3.05, 3.63) is 0 Å². The molecule has 1 saturated heterocycles. The molecule has 0 aromatic heterocycles. The van der Waals surface area contributed by atoms with Crippen LogP contribution in [0.4, 0.5) is 0 Å². The van der Waals surface area contributed by atoms with Crippen LogP contribution in [0.15, 0.2) is 0 Å². The molecule has 2 aliphatic rings. The van der Waals surface area contributed by atoms with Gasteiger partial charge in [-0.2, -0.15) is 0 Å². The predicted molar refractivity (Wildman–Crippen MR) is 74.2 cm³/mol. The molecule has 0 amide bonds. The number of nitrogens with zero attached hydrogens (tertiary/aromatic N) is 1. The summed E-state index contributed by atoms with van der Waals surface area (Å²) in [4.78, 5) is 2.68. The monoisotopic (exact) mass is 238 g/mol. The van der Waals surface area contributed by atoms with Gasteiger partial charge in [0.25, 0.3) is 0 Å². The van der Waals surface area contributed by atoms with Gasteiger partial charge in [-0.3, -0.25) is 0 Å². The first-order chi connectivity index (χ1) is 7.95. The highest BCUT2D eigenvalue weighted by Gasteiger charge is 2.32. The molecule has 1 heterocycles. The molecular formula is C15H30N2. The average molecular weight is 238 g/mol. The van der Waals surface area contributed by atoms with E-state index in [1.165, 1.54) is 45.4 Å². The van der Waals surface area contributed by atoms with E-state index in [4.69, 9.17) is 0 Å². The second-order valence-corrected chi connectivity index (χ2v) is 7.40. The molecule has 1 N–H and O–H groups in total. The summed E-state index contributed by atoms with van der Waals surface area (Å²) in [6.07, 6.45) is 4.21. The van der Waals surface area contributed by atoms with E-state index in [1.807, 2.05) is 0 Å². The van der Waals surface area contributed by atoms with Crippen LogP contribution >= 0.6 is 0 Å². The van der Waals surface area contributed by atoms with Crippen LogP contribution in [0.25, 0.3) is 0 Å². The average Bonchev–Trinajstić information content (AvgIpc) is 2.93. The molecule has 0 radical (unpaired) electrons. The maximum atomic E-state index is 3.65. The van der Waals surface area contributed by atoms with Gasteiger partial charge in [-0.05, 0) is 49.6 Å². The highest BCUT2D eigenvalue weighted by atomic mass is 15.2. The second-order valence-electron chi connectivity index (χ2n) is 7.40. The molecular weight excluding hydrogens is 208 g/mol. The van der Waals surface area contributed by atoms with Gasteiger partial charge >= 0.3 is 0 Å². The number of hydrogen-bond donors (Lipinski definition) is 1. The molecule has 0 aromatic rings. The van der Waals surface area contributed by atoms with Crippen molar-refractivity contribution in [3.63, 3.8) is 0 Å². The number of hydrogen-bond acceptors (Lipinski definition) is 2. The fraction of sp³-hybridized carbons (Fsp3) is 1.00. The molecule has 1 aliphatic heterocycles. The van der Waals surface area contributed by atoms with Crippen molar-refractivity contribution in [3.8, 4) is 0 Å². The van der Waals surface area contributed by atoms with Gasteiger partial charge in [-0.1, -0.05) is 27.7 Å². The fourth-order valence-electron chi connectivity index (χ4n) is 2.87. The first-order valence-corrected chi connectivity index (χ1v) is 7.41. The molecule has 2 rings (SSSR count).